The van der Waals surface area contributed by atoms with Crippen LogP contribution in [0.2, 0.25) is 5.02 Å². The molecule has 0 bridgehead atoms. The van der Waals surface area contributed by atoms with Gasteiger partial charge in [-0.1, -0.05) is 17.7 Å². The standard InChI is InChI=1S/C16H19ClFN3S/c17-16-6-13(18)4-3-12(16)8-21-5-1-2-14(9-21)19-7-15-10-22-11-20-15/h3-4,6,10-11,14,19H,1-2,5,7-9H2. The van der Waals surface area contributed by atoms with E-state index in [-0.39, 0.29) is 5.82 Å². The zero-order valence-corrected chi connectivity index (χ0v) is 13.8. The van der Waals surface area contributed by atoms with Gasteiger partial charge in [0.05, 0.1) is 11.2 Å². The fraction of sp³-hybridized carbons (Fsp3) is 0.438. The molecule has 22 heavy (non-hydrogen) atoms. The molecule has 2 heterocycles. The van der Waals surface area contributed by atoms with Gasteiger partial charge in [-0.15, -0.1) is 11.3 Å². The van der Waals surface area contributed by atoms with Crippen molar-refractivity contribution in [1.29, 1.82) is 0 Å². The SMILES string of the molecule is Fc1ccc(CN2CCCC(NCc3cscn3)C2)c(Cl)c1. The first kappa shape index (κ1) is 15.9. The molecule has 1 atom stereocenters. The van der Waals surface area contributed by atoms with E-state index in [0.29, 0.717) is 11.1 Å². The van der Waals surface area contributed by atoms with Gasteiger partial charge >= 0.3 is 0 Å². The lowest BCUT2D eigenvalue weighted by atomic mass is 10.0. The number of piperidine rings is 1. The summed E-state index contributed by atoms with van der Waals surface area (Å²) < 4.78 is 13.1. The van der Waals surface area contributed by atoms with E-state index in [1.54, 1.807) is 17.4 Å². The van der Waals surface area contributed by atoms with E-state index in [1.165, 1.54) is 18.6 Å². The number of thiazole rings is 1. The molecule has 1 N–H and O–H groups in total. The fourth-order valence-corrected chi connectivity index (χ4v) is 3.62. The highest BCUT2D eigenvalue weighted by atomic mass is 35.5. The minimum absolute atomic E-state index is 0.282. The van der Waals surface area contributed by atoms with Crippen LogP contribution in [0.1, 0.15) is 24.1 Å². The Morgan fingerprint density at radius 2 is 2.36 bits per heavy atom. The van der Waals surface area contributed by atoms with Gasteiger partial charge < -0.3 is 5.32 Å². The number of nitrogens with one attached hydrogen (secondary N) is 1. The molecular formula is C16H19ClFN3S. The van der Waals surface area contributed by atoms with Crippen molar-refractivity contribution in [1.82, 2.24) is 15.2 Å². The molecule has 3 rings (SSSR count). The van der Waals surface area contributed by atoms with Crippen molar-refractivity contribution < 1.29 is 4.39 Å². The van der Waals surface area contributed by atoms with E-state index in [9.17, 15) is 4.39 Å². The summed E-state index contributed by atoms with van der Waals surface area (Å²) in [5.74, 6) is -0.282. The Bertz CT molecular complexity index is 605. The lowest BCUT2D eigenvalue weighted by Gasteiger charge is -2.33. The van der Waals surface area contributed by atoms with Crippen molar-refractivity contribution in [2.75, 3.05) is 13.1 Å². The number of nitrogens with zero attached hydrogens (tertiary/aromatic N) is 2. The first-order chi connectivity index (χ1) is 10.7. The highest BCUT2D eigenvalue weighted by molar-refractivity contribution is 7.07. The van der Waals surface area contributed by atoms with Crippen molar-refractivity contribution in [3.05, 3.63) is 51.2 Å². The predicted octanol–water partition coefficient (Wildman–Crippen LogP) is 3.69. The molecule has 0 radical (unpaired) electrons. The van der Waals surface area contributed by atoms with Gasteiger partial charge in [-0.3, -0.25) is 4.90 Å². The largest absolute Gasteiger partial charge is 0.307 e. The number of benzene rings is 1. The van der Waals surface area contributed by atoms with Crippen LogP contribution in [0.25, 0.3) is 0 Å². The predicted molar refractivity (Wildman–Crippen MR) is 88.7 cm³/mol. The van der Waals surface area contributed by atoms with Crippen molar-refractivity contribution in [3.8, 4) is 0 Å². The topological polar surface area (TPSA) is 28.2 Å². The van der Waals surface area contributed by atoms with Crippen LogP contribution in [0.5, 0.6) is 0 Å². The van der Waals surface area contributed by atoms with E-state index in [0.717, 1.165) is 43.9 Å². The lowest BCUT2D eigenvalue weighted by Crippen LogP contribution is -2.45. The zero-order valence-electron chi connectivity index (χ0n) is 12.3. The molecule has 1 unspecified atom stereocenters. The van der Waals surface area contributed by atoms with Gasteiger partial charge in [0.25, 0.3) is 0 Å². The summed E-state index contributed by atoms with van der Waals surface area (Å²) in [6.07, 6.45) is 2.34. The second kappa shape index (κ2) is 7.51. The maximum atomic E-state index is 13.1. The Hall–Kier alpha value is -1.01. The van der Waals surface area contributed by atoms with E-state index < -0.39 is 0 Å². The molecule has 1 saturated heterocycles. The van der Waals surface area contributed by atoms with Gasteiger partial charge in [-0.05, 0) is 37.1 Å². The first-order valence-corrected chi connectivity index (χ1v) is 8.79. The van der Waals surface area contributed by atoms with Gasteiger partial charge in [0.15, 0.2) is 0 Å². The third kappa shape index (κ3) is 4.26. The van der Waals surface area contributed by atoms with E-state index in [2.05, 4.69) is 20.6 Å². The zero-order chi connectivity index (χ0) is 15.4. The molecule has 2 aromatic rings. The van der Waals surface area contributed by atoms with Crippen LogP contribution < -0.4 is 5.32 Å². The Labute approximate surface area is 139 Å². The van der Waals surface area contributed by atoms with Crippen LogP contribution >= 0.6 is 22.9 Å². The molecule has 1 aromatic carbocycles. The second-order valence-electron chi connectivity index (χ2n) is 5.67. The van der Waals surface area contributed by atoms with E-state index >= 15 is 0 Å². The quantitative estimate of drug-likeness (QED) is 0.900. The summed E-state index contributed by atoms with van der Waals surface area (Å²) in [6.45, 7) is 3.63. The van der Waals surface area contributed by atoms with Crippen molar-refractivity contribution in [2.24, 2.45) is 0 Å². The van der Waals surface area contributed by atoms with Crippen molar-refractivity contribution >= 4 is 22.9 Å². The monoisotopic (exact) mass is 339 g/mol. The Balaban J connectivity index is 1.53. The second-order valence-corrected chi connectivity index (χ2v) is 6.80. The fourth-order valence-electron chi connectivity index (χ4n) is 2.83. The summed E-state index contributed by atoms with van der Waals surface area (Å²) in [7, 11) is 0. The van der Waals surface area contributed by atoms with Gasteiger partial charge in [-0.25, -0.2) is 9.37 Å². The number of aromatic nitrogens is 1. The van der Waals surface area contributed by atoms with Crippen molar-refractivity contribution in [2.45, 2.75) is 32.0 Å². The Morgan fingerprint density at radius 3 is 3.14 bits per heavy atom. The molecular weight excluding hydrogens is 321 g/mol. The summed E-state index contributed by atoms with van der Waals surface area (Å²) in [5, 5.41) is 6.16. The molecule has 3 nitrogen and oxygen atoms in total. The first-order valence-electron chi connectivity index (χ1n) is 7.47. The maximum absolute atomic E-state index is 13.1. The number of hydrogen-bond donors (Lipinski definition) is 1. The van der Waals surface area contributed by atoms with Crippen LogP contribution in [0.15, 0.2) is 29.1 Å². The normalized spacial score (nSPS) is 19.5. The molecule has 1 aromatic heterocycles. The number of hydrogen-bond acceptors (Lipinski definition) is 4. The summed E-state index contributed by atoms with van der Waals surface area (Å²) in [5.41, 5.74) is 3.95. The summed E-state index contributed by atoms with van der Waals surface area (Å²) in [6, 6.07) is 5.11. The van der Waals surface area contributed by atoms with Gasteiger partial charge in [0, 0.05) is 36.1 Å². The third-order valence-electron chi connectivity index (χ3n) is 3.97. The van der Waals surface area contributed by atoms with E-state index in [1.807, 2.05) is 5.51 Å². The van der Waals surface area contributed by atoms with E-state index in [4.69, 9.17) is 11.6 Å². The van der Waals surface area contributed by atoms with Crippen LogP contribution in [-0.2, 0) is 13.1 Å². The molecule has 0 aliphatic carbocycles. The number of halogens is 2. The van der Waals surface area contributed by atoms with Gasteiger partial charge in [0.2, 0.25) is 0 Å². The van der Waals surface area contributed by atoms with Crippen LogP contribution in [-0.4, -0.2) is 29.0 Å². The smallest absolute Gasteiger partial charge is 0.124 e. The number of rotatable bonds is 5. The van der Waals surface area contributed by atoms with Crippen LogP contribution in [0.3, 0.4) is 0 Å². The minimum Gasteiger partial charge on any atom is -0.307 e. The van der Waals surface area contributed by atoms with Crippen molar-refractivity contribution in [3.63, 3.8) is 0 Å². The molecule has 1 aliphatic heterocycles. The average molecular weight is 340 g/mol. The molecule has 1 aliphatic rings. The Morgan fingerprint density at radius 1 is 1.45 bits per heavy atom. The average Bonchev–Trinajstić information content (AvgIpc) is 3.02. The highest BCUT2D eigenvalue weighted by Crippen LogP contribution is 2.21. The van der Waals surface area contributed by atoms with Gasteiger partial charge in [0.1, 0.15) is 5.82 Å². The molecule has 118 valence electrons. The van der Waals surface area contributed by atoms with Crippen LogP contribution in [0.4, 0.5) is 4.39 Å². The summed E-state index contributed by atoms with van der Waals surface area (Å²) >= 11 is 7.75. The van der Waals surface area contributed by atoms with Gasteiger partial charge in [-0.2, -0.15) is 0 Å². The van der Waals surface area contributed by atoms with Crippen LogP contribution in [0, 0.1) is 5.82 Å². The third-order valence-corrected chi connectivity index (χ3v) is 4.96. The molecule has 0 saturated carbocycles. The molecule has 6 heteroatoms. The maximum Gasteiger partial charge on any atom is 0.124 e. The molecule has 1 fully saturated rings. The lowest BCUT2D eigenvalue weighted by molar-refractivity contribution is 0.182. The minimum atomic E-state index is -0.282. The Kier molecular flexibility index (Phi) is 5.41. The molecule has 0 amide bonds. The molecule has 0 spiro atoms. The summed E-state index contributed by atoms with van der Waals surface area (Å²) in [4.78, 5) is 6.67. The highest BCUT2D eigenvalue weighted by Gasteiger charge is 2.20. The number of likely N-dealkylation sites (tertiary alicyclic amines) is 1.